The molecule has 0 N–H and O–H groups in total. The van der Waals surface area contributed by atoms with E-state index in [-0.39, 0.29) is 11.2 Å². The molecule has 0 aliphatic heterocycles. The van der Waals surface area contributed by atoms with Crippen LogP contribution in [0.4, 0.5) is 4.39 Å². The van der Waals surface area contributed by atoms with E-state index in [0.717, 1.165) is 11.1 Å². The summed E-state index contributed by atoms with van der Waals surface area (Å²) in [5.74, 6) is 0.439. The fraction of sp³-hybridized carbons (Fsp3) is 0.200. The summed E-state index contributed by atoms with van der Waals surface area (Å²) in [7, 11) is 1.60. The van der Waals surface area contributed by atoms with Crippen molar-refractivity contribution >= 4 is 11.6 Å². The summed E-state index contributed by atoms with van der Waals surface area (Å²) >= 11 is 6.32. The Labute approximate surface area is 111 Å². The van der Waals surface area contributed by atoms with E-state index in [2.05, 4.69) is 6.07 Å². The van der Waals surface area contributed by atoms with Gasteiger partial charge >= 0.3 is 0 Å². The van der Waals surface area contributed by atoms with Gasteiger partial charge in [-0.3, -0.25) is 0 Å². The van der Waals surface area contributed by atoms with Crippen LogP contribution >= 0.6 is 11.6 Å². The van der Waals surface area contributed by atoms with Crippen molar-refractivity contribution in [2.45, 2.75) is 11.8 Å². The lowest BCUT2D eigenvalue weighted by Crippen LogP contribution is -1.96. The summed E-state index contributed by atoms with van der Waals surface area (Å²) in [5.41, 5.74) is 1.97. The zero-order valence-electron chi connectivity index (χ0n) is 9.99. The van der Waals surface area contributed by atoms with E-state index in [4.69, 9.17) is 16.3 Å². The summed E-state index contributed by atoms with van der Waals surface area (Å²) in [6, 6.07) is 14.9. The van der Waals surface area contributed by atoms with Crippen LogP contribution in [0.15, 0.2) is 42.5 Å². The third kappa shape index (κ3) is 3.23. The van der Waals surface area contributed by atoms with Gasteiger partial charge in [0, 0.05) is 6.07 Å². The molecule has 0 amide bonds. The Bertz CT molecular complexity index is 510. The molecule has 0 heterocycles. The first-order chi connectivity index (χ1) is 8.69. The average molecular weight is 264 g/mol. The monoisotopic (exact) mass is 263 g/mol. The second-order valence-electron chi connectivity index (χ2n) is 3.99. The number of hydrogen-bond acceptors (Lipinski definition) is 1. The van der Waals surface area contributed by atoms with Gasteiger partial charge in [0.05, 0.1) is 12.5 Å². The number of benzene rings is 2. The molecule has 0 aromatic heterocycles. The molecular formula is C15H13ClFO. The third-order valence-corrected chi connectivity index (χ3v) is 3.11. The Kier molecular flexibility index (Phi) is 4.21. The van der Waals surface area contributed by atoms with Crippen molar-refractivity contribution in [1.29, 1.82) is 0 Å². The Morgan fingerprint density at radius 1 is 1.28 bits per heavy atom. The highest BCUT2D eigenvalue weighted by molar-refractivity contribution is 6.20. The van der Waals surface area contributed by atoms with Crippen LogP contribution in [0.25, 0.3) is 0 Å². The summed E-state index contributed by atoms with van der Waals surface area (Å²) in [6.45, 7) is 0. The van der Waals surface area contributed by atoms with E-state index in [1.165, 1.54) is 12.1 Å². The Hall–Kier alpha value is -1.54. The molecule has 18 heavy (non-hydrogen) atoms. The lowest BCUT2D eigenvalue weighted by molar-refractivity contribution is 0.413. The standard InChI is InChI=1S/C15H13ClFO/c1-18-14-4-2-3-11(9-14)10-15(16)12-5-7-13(17)8-6-12/h2-3,5-9,15H,10H2,1H3. The van der Waals surface area contributed by atoms with Crippen LogP contribution in [0.5, 0.6) is 5.75 Å². The largest absolute Gasteiger partial charge is 0.496 e. The molecule has 0 aliphatic rings. The zero-order chi connectivity index (χ0) is 13.0. The highest BCUT2D eigenvalue weighted by Crippen LogP contribution is 2.26. The number of alkyl halides is 1. The number of methoxy groups -OCH3 is 1. The van der Waals surface area contributed by atoms with Crippen molar-refractivity contribution < 1.29 is 9.13 Å². The molecule has 2 aromatic rings. The van der Waals surface area contributed by atoms with Crippen molar-refractivity contribution in [2.24, 2.45) is 0 Å². The normalized spacial score (nSPS) is 12.2. The fourth-order valence-electron chi connectivity index (χ4n) is 1.73. The van der Waals surface area contributed by atoms with Crippen LogP contribution in [0, 0.1) is 11.9 Å². The van der Waals surface area contributed by atoms with Crippen LogP contribution in [0.2, 0.25) is 0 Å². The van der Waals surface area contributed by atoms with Gasteiger partial charge in [0.15, 0.2) is 0 Å². The van der Waals surface area contributed by atoms with Gasteiger partial charge in [-0.2, -0.15) is 0 Å². The molecule has 3 heteroatoms. The lowest BCUT2D eigenvalue weighted by atomic mass is 10.0. The van der Waals surface area contributed by atoms with Gasteiger partial charge in [-0.25, -0.2) is 4.39 Å². The maximum absolute atomic E-state index is 12.8. The number of hydrogen-bond donors (Lipinski definition) is 0. The minimum atomic E-state index is -0.251. The molecule has 2 aromatic carbocycles. The van der Waals surface area contributed by atoms with Gasteiger partial charge in [0.2, 0.25) is 0 Å². The minimum absolute atomic E-state index is 0.183. The average Bonchev–Trinajstić information content (AvgIpc) is 2.39. The third-order valence-electron chi connectivity index (χ3n) is 2.71. The number of ether oxygens (including phenoxy) is 1. The molecule has 1 nitrogen and oxygen atoms in total. The van der Waals surface area contributed by atoms with E-state index in [0.29, 0.717) is 12.2 Å². The molecule has 1 unspecified atom stereocenters. The van der Waals surface area contributed by atoms with E-state index in [1.807, 2.05) is 18.2 Å². The molecular weight excluding hydrogens is 251 g/mol. The number of rotatable bonds is 4. The highest BCUT2D eigenvalue weighted by atomic mass is 35.5. The molecule has 1 radical (unpaired) electrons. The van der Waals surface area contributed by atoms with Gasteiger partial charge in [-0.1, -0.05) is 24.3 Å². The second kappa shape index (κ2) is 5.87. The predicted octanol–water partition coefficient (Wildman–Crippen LogP) is 4.16. The molecule has 0 spiro atoms. The summed E-state index contributed by atoms with van der Waals surface area (Å²) in [5, 5.41) is -0.183. The summed E-state index contributed by atoms with van der Waals surface area (Å²) in [6.07, 6.45) is 0.665. The van der Waals surface area contributed by atoms with E-state index >= 15 is 0 Å². The first-order valence-corrected chi connectivity index (χ1v) is 6.07. The van der Waals surface area contributed by atoms with Gasteiger partial charge in [0.25, 0.3) is 0 Å². The molecule has 0 fully saturated rings. The van der Waals surface area contributed by atoms with Crippen molar-refractivity contribution in [3.05, 3.63) is 65.5 Å². The van der Waals surface area contributed by atoms with Gasteiger partial charge in [-0.15, -0.1) is 11.6 Å². The van der Waals surface area contributed by atoms with E-state index < -0.39 is 0 Å². The first-order valence-electron chi connectivity index (χ1n) is 5.63. The molecule has 0 saturated heterocycles. The maximum Gasteiger partial charge on any atom is 0.127 e. The number of halogens is 2. The van der Waals surface area contributed by atoms with Crippen molar-refractivity contribution in [3.8, 4) is 5.75 Å². The van der Waals surface area contributed by atoms with Crippen LogP contribution in [0.3, 0.4) is 0 Å². The van der Waals surface area contributed by atoms with Crippen LogP contribution < -0.4 is 4.74 Å². The molecule has 0 bridgehead atoms. The quantitative estimate of drug-likeness (QED) is 0.753. The van der Waals surface area contributed by atoms with Crippen molar-refractivity contribution in [3.63, 3.8) is 0 Å². The molecule has 1 atom stereocenters. The second-order valence-corrected chi connectivity index (χ2v) is 4.52. The molecule has 93 valence electrons. The molecule has 0 aliphatic carbocycles. The fourth-order valence-corrected chi connectivity index (χ4v) is 2.05. The summed E-state index contributed by atoms with van der Waals surface area (Å²) in [4.78, 5) is 0. The Morgan fingerprint density at radius 2 is 2.00 bits per heavy atom. The van der Waals surface area contributed by atoms with E-state index in [1.54, 1.807) is 19.2 Å². The SMILES string of the molecule is COc1[c]ccc(CC(Cl)c2ccc(F)cc2)c1. The minimum Gasteiger partial charge on any atom is -0.496 e. The van der Waals surface area contributed by atoms with Gasteiger partial charge < -0.3 is 4.74 Å². The van der Waals surface area contributed by atoms with Crippen LogP contribution in [0.1, 0.15) is 16.5 Å². The predicted molar refractivity (Wildman–Crippen MR) is 70.5 cm³/mol. The first kappa shape index (κ1) is 12.9. The van der Waals surface area contributed by atoms with Gasteiger partial charge in [0.1, 0.15) is 11.6 Å². The van der Waals surface area contributed by atoms with E-state index in [9.17, 15) is 4.39 Å². The smallest absolute Gasteiger partial charge is 0.127 e. The maximum atomic E-state index is 12.8. The van der Waals surface area contributed by atoms with Crippen molar-refractivity contribution in [2.75, 3.05) is 7.11 Å². The molecule has 2 rings (SSSR count). The zero-order valence-corrected chi connectivity index (χ0v) is 10.7. The Balaban J connectivity index is 2.10. The lowest BCUT2D eigenvalue weighted by Gasteiger charge is -2.10. The molecule has 0 saturated carbocycles. The Morgan fingerprint density at radius 3 is 2.67 bits per heavy atom. The van der Waals surface area contributed by atoms with Crippen LogP contribution in [-0.2, 0) is 6.42 Å². The summed E-state index contributed by atoms with van der Waals surface area (Å²) < 4.78 is 17.9. The highest BCUT2D eigenvalue weighted by Gasteiger charge is 2.09. The van der Waals surface area contributed by atoms with Crippen molar-refractivity contribution in [1.82, 2.24) is 0 Å². The van der Waals surface area contributed by atoms with Crippen LogP contribution in [-0.4, -0.2) is 7.11 Å². The van der Waals surface area contributed by atoms with Gasteiger partial charge in [-0.05, 0) is 35.7 Å². The topological polar surface area (TPSA) is 9.23 Å².